The number of halogens is 4. The summed E-state index contributed by atoms with van der Waals surface area (Å²) in [6, 6.07) is 2.81. The Bertz CT molecular complexity index is 1410. The lowest BCUT2D eigenvalue weighted by molar-refractivity contribution is -0.242. The Morgan fingerprint density at radius 1 is 1.23 bits per heavy atom. The van der Waals surface area contributed by atoms with Gasteiger partial charge in [-0.3, -0.25) is 19.1 Å². The summed E-state index contributed by atoms with van der Waals surface area (Å²) in [6.45, 7) is 7.88. The molecule has 0 bridgehead atoms. The number of nitrogens with zero attached hydrogens (tertiary/aromatic N) is 3. The van der Waals surface area contributed by atoms with Crippen molar-refractivity contribution in [3.05, 3.63) is 29.5 Å². The highest BCUT2D eigenvalue weighted by atomic mass is 35.5. The molecule has 222 valence electrons. The summed E-state index contributed by atoms with van der Waals surface area (Å²) in [6.07, 6.45) is -6.01. The number of hydrogen-bond donors (Lipinski definition) is 2. The van der Waals surface area contributed by atoms with E-state index in [1.54, 1.807) is 6.92 Å². The number of carbonyl (C=O) groups is 2. The van der Waals surface area contributed by atoms with Crippen LogP contribution in [-0.2, 0) is 26.1 Å². The van der Waals surface area contributed by atoms with Crippen LogP contribution in [0.4, 0.5) is 29.3 Å². The molecule has 0 radical (unpaired) electrons. The predicted octanol–water partition coefficient (Wildman–Crippen LogP) is 5.29. The minimum atomic E-state index is -4.84. The van der Waals surface area contributed by atoms with Crippen LogP contribution in [0.1, 0.15) is 48.0 Å². The first-order chi connectivity index (χ1) is 18.2. The first kappa shape index (κ1) is 31.3. The predicted molar refractivity (Wildman–Crippen MR) is 139 cm³/mol. The summed E-state index contributed by atoms with van der Waals surface area (Å²) in [7, 11) is -4.45. The maximum absolute atomic E-state index is 14.0. The maximum Gasteiger partial charge on any atom is 0.427 e. The number of benzene rings is 1. The van der Waals surface area contributed by atoms with E-state index >= 15 is 0 Å². The normalized spacial score (nSPS) is 18.1. The first-order valence-corrected chi connectivity index (χ1v) is 13.9. The van der Waals surface area contributed by atoms with Gasteiger partial charge in [-0.25, -0.2) is 13.2 Å². The van der Waals surface area contributed by atoms with Gasteiger partial charge in [-0.2, -0.15) is 18.3 Å². The number of fused-ring (bicyclic) bond motifs is 1. The highest BCUT2D eigenvalue weighted by Gasteiger charge is 2.51. The van der Waals surface area contributed by atoms with E-state index in [0.717, 1.165) is 4.31 Å². The van der Waals surface area contributed by atoms with Crippen molar-refractivity contribution in [3.63, 3.8) is 0 Å². The Balaban J connectivity index is 2.08. The third-order valence-electron chi connectivity index (χ3n) is 6.50. The van der Waals surface area contributed by atoms with Gasteiger partial charge >= 0.3 is 18.2 Å². The number of rotatable bonds is 8. The fourth-order valence-corrected chi connectivity index (χ4v) is 6.04. The van der Waals surface area contributed by atoms with E-state index in [1.165, 1.54) is 49.8 Å². The van der Waals surface area contributed by atoms with Crippen molar-refractivity contribution >= 4 is 45.1 Å². The summed E-state index contributed by atoms with van der Waals surface area (Å²) in [5, 5.41) is 15.5. The SMILES string of the molecule is CCn1cc(S(=O)(=O)N2c3cc(NC(=O)OC(C)(C)C(F)(F)F)ccc3O[C@@H](CC(C)(C)C(=O)O)[C@H]2C)c(Cl)n1. The molecule has 0 saturated carbocycles. The fraction of sp³-hybridized carbons (Fsp3) is 0.542. The van der Waals surface area contributed by atoms with Gasteiger partial charge in [-0.1, -0.05) is 11.6 Å². The lowest BCUT2D eigenvalue weighted by Gasteiger charge is -2.42. The minimum Gasteiger partial charge on any atom is -0.486 e. The molecule has 1 amide bonds. The minimum absolute atomic E-state index is 0.0291. The molecule has 1 aliphatic rings. The van der Waals surface area contributed by atoms with Crippen molar-refractivity contribution in [1.82, 2.24) is 9.78 Å². The van der Waals surface area contributed by atoms with Crippen LogP contribution in [0.25, 0.3) is 0 Å². The Kier molecular flexibility index (Phi) is 8.34. The molecule has 0 spiro atoms. The molecule has 2 atom stereocenters. The van der Waals surface area contributed by atoms with E-state index in [0.29, 0.717) is 20.4 Å². The van der Waals surface area contributed by atoms with Crippen LogP contribution in [0.3, 0.4) is 0 Å². The van der Waals surface area contributed by atoms with Gasteiger partial charge in [0.1, 0.15) is 16.7 Å². The Morgan fingerprint density at radius 2 is 1.85 bits per heavy atom. The summed E-state index contributed by atoms with van der Waals surface area (Å²) in [4.78, 5) is 23.8. The molecule has 16 heteroatoms. The van der Waals surface area contributed by atoms with Gasteiger partial charge in [0, 0.05) is 24.8 Å². The van der Waals surface area contributed by atoms with E-state index in [9.17, 15) is 36.3 Å². The number of aryl methyl sites for hydroxylation is 1. The van der Waals surface area contributed by atoms with Crippen LogP contribution in [0, 0.1) is 5.41 Å². The van der Waals surface area contributed by atoms with Crippen LogP contribution in [0.2, 0.25) is 5.15 Å². The first-order valence-electron chi connectivity index (χ1n) is 12.1. The molecule has 11 nitrogen and oxygen atoms in total. The quantitative estimate of drug-likeness (QED) is 0.411. The molecule has 1 aromatic heterocycles. The number of carboxylic acid groups (broad SMARTS) is 1. The van der Waals surface area contributed by atoms with E-state index in [1.807, 2.05) is 0 Å². The number of aromatic nitrogens is 2. The summed E-state index contributed by atoms with van der Waals surface area (Å²) >= 11 is 6.17. The lowest BCUT2D eigenvalue weighted by Crippen LogP contribution is -2.52. The second-order valence-corrected chi connectivity index (χ2v) is 12.6. The average molecular weight is 611 g/mol. The lowest BCUT2D eigenvalue weighted by atomic mass is 9.84. The zero-order chi connectivity index (χ0) is 30.4. The number of carboxylic acids is 1. The molecule has 1 aliphatic heterocycles. The van der Waals surface area contributed by atoms with Crippen LogP contribution in [0.15, 0.2) is 29.3 Å². The van der Waals surface area contributed by atoms with E-state index in [4.69, 9.17) is 16.3 Å². The van der Waals surface area contributed by atoms with Crippen molar-refractivity contribution in [1.29, 1.82) is 0 Å². The molecule has 40 heavy (non-hydrogen) atoms. The molecule has 0 aliphatic carbocycles. The number of carbonyl (C=O) groups excluding carboxylic acids is 1. The zero-order valence-electron chi connectivity index (χ0n) is 22.5. The number of hydrogen-bond acceptors (Lipinski definition) is 7. The van der Waals surface area contributed by atoms with Gasteiger partial charge in [-0.15, -0.1) is 0 Å². The smallest absolute Gasteiger partial charge is 0.427 e. The van der Waals surface area contributed by atoms with E-state index in [-0.39, 0.29) is 33.6 Å². The number of ether oxygens (including phenoxy) is 2. The van der Waals surface area contributed by atoms with Gasteiger partial charge in [-0.05, 0) is 59.7 Å². The van der Waals surface area contributed by atoms with E-state index < -0.39 is 51.4 Å². The topological polar surface area (TPSA) is 140 Å². The van der Waals surface area contributed by atoms with Gasteiger partial charge in [0.2, 0.25) is 5.60 Å². The number of amides is 1. The molecular weight excluding hydrogens is 581 g/mol. The van der Waals surface area contributed by atoms with Crippen molar-refractivity contribution in [2.45, 2.75) is 83.3 Å². The Hall–Kier alpha value is -3.20. The number of alkyl halides is 3. The van der Waals surface area contributed by atoms with Crippen molar-refractivity contribution in [3.8, 4) is 5.75 Å². The fourth-order valence-electron chi connectivity index (χ4n) is 3.90. The van der Waals surface area contributed by atoms with Gasteiger partial charge in [0.05, 0.1) is 17.1 Å². The molecule has 2 heterocycles. The highest BCUT2D eigenvalue weighted by Crippen LogP contribution is 2.44. The van der Waals surface area contributed by atoms with Crippen molar-refractivity contribution < 1.29 is 45.8 Å². The molecule has 0 saturated heterocycles. The van der Waals surface area contributed by atoms with Crippen molar-refractivity contribution in [2.75, 3.05) is 9.62 Å². The summed E-state index contributed by atoms with van der Waals surface area (Å²) in [5.74, 6) is -1.09. The largest absolute Gasteiger partial charge is 0.486 e. The number of nitrogens with one attached hydrogen (secondary N) is 1. The van der Waals surface area contributed by atoms with Gasteiger partial charge < -0.3 is 14.6 Å². The second-order valence-electron chi connectivity index (χ2n) is 10.4. The molecular formula is C24H30ClF3N4O7S. The Labute approximate surface area is 234 Å². The monoisotopic (exact) mass is 610 g/mol. The Morgan fingerprint density at radius 3 is 2.38 bits per heavy atom. The van der Waals surface area contributed by atoms with Crippen LogP contribution in [-0.4, -0.2) is 59.3 Å². The van der Waals surface area contributed by atoms with Crippen LogP contribution in [0.5, 0.6) is 5.75 Å². The zero-order valence-corrected chi connectivity index (χ0v) is 24.1. The van der Waals surface area contributed by atoms with Gasteiger partial charge in [0.15, 0.2) is 5.15 Å². The second kappa shape index (κ2) is 10.7. The van der Waals surface area contributed by atoms with E-state index in [2.05, 4.69) is 15.2 Å². The molecule has 3 rings (SSSR count). The standard InChI is InChI=1S/C24H30ClF3N4O7S/c1-7-31-12-18(19(25)30-31)40(36,37)32-13(2)17(11-22(3,4)20(33)34)38-16-9-8-14(10-15(16)32)29-21(35)39-23(5,6)24(26,27)28/h8-10,12-13,17H,7,11H2,1-6H3,(H,29,35)(H,33,34)/t13-,17+/m1/s1. The third-order valence-corrected chi connectivity index (χ3v) is 8.79. The summed E-state index contributed by atoms with van der Waals surface area (Å²) in [5.41, 5.74) is -4.23. The average Bonchev–Trinajstić information content (AvgIpc) is 3.20. The number of anilines is 2. The van der Waals surface area contributed by atoms with Crippen molar-refractivity contribution in [2.24, 2.45) is 5.41 Å². The highest BCUT2D eigenvalue weighted by molar-refractivity contribution is 7.93. The van der Waals surface area contributed by atoms with Gasteiger partial charge in [0.25, 0.3) is 10.0 Å². The van der Waals surface area contributed by atoms with Crippen LogP contribution >= 0.6 is 11.6 Å². The molecule has 2 N–H and O–H groups in total. The molecule has 0 fully saturated rings. The van der Waals surface area contributed by atoms with Crippen LogP contribution < -0.4 is 14.4 Å². The molecule has 0 unspecified atom stereocenters. The number of aliphatic carboxylic acids is 1. The summed E-state index contributed by atoms with van der Waals surface area (Å²) < 4.78 is 80.3. The molecule has 2 aromatic rings. The third kappa shape index (κ3) is 6.09. The number of sulfonamides is 1. The maximum atomic E-state index is 14.0. The molecule has 1 aromatic carbocycles.